The van der Waals surface area contributed by atoms with Crippen LogP contribution in [0.1, 0.15) is 154 Å². The van der Waals surface area contributed by atoms with Crippen LogP contribution >= 0.6 is 0 Å². The summed E-state index contributed by atoms with van der Waals surface area (Å²) in [6.45, 7) is 8.28. The van der Waals surface area contributed by atoms with Gasteiger partial charge in [-0.05, 0) is 145 Å². The Kier molecular flexibility index (Phi) is 45.5. The van der Waals surface area contributed by atoms with E-state index in [1.165, 1.54) is 6.92 Å². The minimum Gasteiger partial charge on any atom is -0.484 e. The molecule has 4 rings (SSSR count). The first-order valence-electron chi connectivity index (χ1n) is 40.0. The van der Waals surface area contributed by atoms with Gasteiger partial charge in [-0.1, -0.05) is 114 Å². The number of hydrogen-bond acceptors (Lipinski definition) is 23. The normalized spacial score (nSPS) is 19.7. The molecule has 1 aliphatic heterocycles. The van der Waals surface area contributed by atoms with E-state index in [1.54, 1.807) is 93.6 Å². The van der Waals surface area contributed by atoms with Crippen molar-refractivity contribution in [2.45, 2.75) is 223 Å². The number of rotatable bonds is 44. The van der Waals surface area contributed by atoms with E-state index in [-0.39, 0.29) is 116 Å². The highest BCUT2D eigenvalue weighted by molar-refractivity contribution is 6.00. The van der Waals surface area contributed by atoms with Crippen molar-refractivity contribution >= 4 is 82.7 Å². The van der Waals surface area contributed by atoms with Crippen LogP contribution in [0.25, 0.3) is 11.1 Å². The van der Waals surface area contributed by atoms with Gasteiger partial charge in [-0.15, -0.1) is 0 Å². The van der Waals surface area contributed by atoms with Gasteiger partial charge in [0.05, 0.1) is 31.5 Å². The van der Waals surface area contributed by atoms with Crippen LogP contribution in [0, 0.1) is 5.92 Å². The summed E-state index contributed by atoms with van der Waals surface area (Å²) in [5.41, 5.74) is 32.4. The summed E-state index contributed by atoms with van der Waals surface area (Å²) in [6, 6.07) is 5.40. The van der Waals surface area contributed by atoms with Gasteiger partial charge in [0.15, 0.2) is 6.61 Å². The second-order valence-electron chi connectivity index (χ2n) is 28.9. The van der Waals surface area contributed by atoms with E-state index in [4.69, 9.17) is 38.1 Å². The molecule has 1 heterocycles. The van der Waals surface area contributed by atoms with Gasteiger partial charge >= 0.3 is 0 Å². The number of amides is 14. The molecule has 0 aromatic heterocycles. The Morgan fingerprint density at radius 1 is 0.534 bits per heavy atom. The highest BCUT2D eigenvalue weighted by Gasteiger charge is 2.38. The van der Waals surface area contributed by atoms with Gasteiger partial charge in [0.25, 0.3) is 11.8 Å². The molecule has 14 amide bonds. The molecule has 0 aliphatic carbocycles. The van der Waals surface area contributed by atoms with E-state index in [0.29, 0.717) is 36.3 Å². The molecular formula is C79H125N19O18. The van der Waals surface area contributed by atoms with Crippen LogP contribution in [0.5, 0.6) is 5.75 Å². The average Bonchev–Trinajstić information content (AvgIpc) is 0.978. The molecule has 37 nitrogen and oxygen atoms in total. The maximum atomic E-state index is 15.1. The molecule has 1 aliphatic rings. The second-order valence-corrected chi connectivity index (χ2v) is 28.9. The number of benzene rings is 3. The molecule has 0 spiro atoms. The Labute approximate surface area is 677 Å². The number of aliphatic hydroxyl groups excluding tert-OH is 2. The smallest absolute Gasteiger partial charge is 0.257 e. The summed E-state index contributed by atoms with van der Waals surface area (Å²) < 4.78 is 11.2. The molecule has 37 heteroatoms. The van der Waals surface area contributed by atoms with Crippen LogP contribution in [0.2, 0.25) is 0 Å². The highest BCUT2D eigenvalue weighted by Crippen LogP contribution is 2.24. The van der Waals surface area contributed by atoms with Gasteiger partial charge in [-0.25, -0.2) is 0 Å². The van der Waals surface area contributed by atoms with Crippen LogP contribution in [0.15, 0.2) is 78.9 Å². The lowest BCUT2D eigenvalue weighted by Crippen LogP contribution is -2.62. The Bertz CT molecular complexity index is 3630. The summed E-state index contributed by atoms with van der Waals surface area (Å²) in [7, 11) is 0. The lowest BCUT2D eigenvalue weighted by molar-refractivity contribution is -0.137. The Morgan fingerprint density at radius 3 is 1.72 bits per heavy atom. The van der Waals surface area contributed by atoms with Crippen LogP contribution in [-0.4, -0.2) is 244 Å². The monoisotopic (exact) mass is 1630 g/mol. The Balaban J connectivity index is 1.69. The molecule has 13 atom stereocenters. The van der Waals surface area contributed by atoms with Crippen molar-refractivity contribution in [3.05, 3.63) is 90.0 Å². The van der Waals surface area contributed by atoms with Crippen molar-refractivity contribution < 1.29 is 86.8 Å². The van der Waals surface area contributed by atoms with Crippen molar-refractivity contribution in [1.82, 2.24) is 74.4 Å². The van der Waals surface area contributed by atoms with Gasteiger partial charge in [0, 0.05) is 44.6 Å². The number of nitrogens with one attached hydrogen (secondary N) is 14. The van der Waals surface area contributed by atoms with E-state index in [1.807, 2.05) is 6.07 Å². The molecule has 0 radical (unpaired) electrons. The predicted molar refractivity (Wildman–Crippen MR) is 432 cm³/mol. The quantitative estimate of drug-likeness (QED) is 0.0243. The summed E-state index contributed by atoms with van der Waals surface area (Å²) in [5.74, 6) is -11.8. The molecule has 0 unspecified atom stereocenters. The second kappa shape index (κ2) is 53.8. The lowest BCUT2D eigenvalue weighted by atomic mass is 10.00. The van der Waals surface area contributed by atoms with Crippen molar-refractivity contribution in [3.63, 3.8) is 0 Å². The van der Waals surface area contributed by atoms with Crippen molar-refractivity contribution in [2.75, 3.05) is 72.2 Å². The third-order valence-corrected chi connectivity index (χ3v) is 18.8. The van der Waals surface area contributed by atoms with E-state index < -0.39 is 175 Å². The van der Waals surface area contributed by atoms with Crippen molar-refractivity contribution in [3.8, 4) is 16.9 Å². The molecule has 0 saturated carbocycles. The first kappa shape index (κ1) is 98.1. The summed E-state index contributed by atoms with van der Waals surface area (Å²) >= 11 is 0. The van der Waals surface area contributed by atoms with Gasteiger partial charge in [-0.2, -0.15) is 0 Å². The fourth-order valence-corrected chi connectivity index (χ4v) is 12.3. The summed E-state index contributed by atoms with van der Waals surface area (Å²) in [5, 5.41) is 58.4. The molecule has 3 aromatic carbocycles. The van der Waals surface area contributed by atoms with Crippen LogP contribution in [-0.2, 0) is 73.5 Å². The topological polar surface area (TPSA) is 596 Å². The van der Waals surface area contributed by atoms with Gasteiger partial charge in [-0.3, -0.25) is 67.1 Å². The molecule has 1 saturated heterocycles. The van der Waals surface area contributed by atoms with Gasteiger partial charge < -0.3 is 123 Å². The van der Waals surface area contributed by atoms with Gasteiger partial charge in [0.1, 0.15) is 66.2 Å². The van der Waals surface area contributed by atoms with E-state index in [0.717, 1.165) is 50.2 Å². The number of ether oxygens (including phenoxy) is 2. The van der Waals surface area contributed by atoms with Crippen molar-refractivity contribution in [1.29, 1.82) is 0 Å². The zero-order chi connectivity index (χ0) is 85.7. The number of aliphatic hydroxyl groups is 2. The van der Waals surface area contributed by atoms with E-state index in [2.05, 4.69) is 81.4 Å². The highest BCUT2D eigenvalue weighted by atomic mass is 16.5. The van der Waals surface area contributed by atoms with Crippen LogP contribution < -0.4 is 108 Å². The Morgan fingerprint density at radius 2 is 1.11 bits per heavy atom. The zero-order valence-corrected chi connectivity index (χ0v) is 67.5. The summed E-state index contributed by atoms with van der Waals surface area (Å²) in [6.07, 6.45) is 0.208. The standard InChI is InChI=1S/C79H125N19O18/c1-7-9-10-11-12-16-22-55(84)69(104)89-58(29-36-82)74(109)98-67(49(6)100)79(114)94-61(31-38-86-64(101)33-41-115-42-40-88-68(103)53-21-17-20-52(45-53)51-23-25-54(26-24-51)116-46-65(102)85-8-2)73(108)93-60-32-39-87-78(113)66(48(5)99)97-75(110)59(30-37-83)91-70(105)56(27-34-80)92-76(111)62(43-47(3)4)95-77(112)63(44-50-18-14-13-15-19-50)96-71(106)57(28-35-81)90-72(60)107/h13-15,17-21,23-26,45,47-49,55-63,66-67,99-100H,7-12,16,22,27-44,46,80-84H2,1-6H3,(H,85,102)(H,86,101)(H,87,113)(H,88,103)(H,89,104)(H,90,107)(H,91,105)(H,92,111)(H,93,108)(H,94,114)(H,95,112)(H,96,106)(H,97,110)(H,98,109)/t48-,49-,55+,56+,57+,58+,59+,60+,61+,62+,63-,66+,67+/m1/s1. The zero-order valence-electron chi connectivity index (χ0n) is 67.5. The van der Waals surface area contributed by atoms with Crippen LogP contribution in [0.4, 0.5) is 0 Å². The average molecular weight is 1630 g/mol. The number of carbonyl (C=O) groups excluding carboxylic acids is 14. The molecule has 3 aromatic rings. The third kappa shape index (κ3) is 35.8. The molecule has 116 heavy (non-hydrogen) atoms. The molecule has 26 N–H and O–H groups in total. The number of nitrogens with two attached hydrogens (primary N) is 5. The number of unbranched alkanes of at least 4 members (excludes halogenated alkanes) is 5. The first-order valence-corrected chi connectivity index (χ1v) is 40.0. The fraction of sp³-hybridized carbons (Fsp3) is 0.595. The number of hydrogen-bond donors (Lipinski definition) is 21. The third-order valence-electron chi connectivity index (χ3n) is 18.8. The van der Waals surface area contributed by atoms with Gasteiger partial charge in [0.2, 0.25) is 70.9 Å². The van der Waals surface area contributed by atoms with E-state index >= 15 is 9.59 Å². The molecular weight excluding hydrogens is 1500 g/mol. The summed E-state index contributed by atoms with van der Waals surface area (Å²) in [4.78, 5) is 197. The minimum absolute atomic E-state index is 0.00351. The molecule has 0 bridgehead atoms. The Hall–Kier alpha value is -10.3. The molecule has 644 valence electrons. The lowest BCUT2D eigenvalue weighted by Gasteiger charge is -2.29. The number of likely N-dealkylation sites (N-methyl/N-ethyl adjacent to an activating group) is 1. The van der Waals surface area contributed by atoms with E-state index in [9.17, 15) is 67.7 Å². The first-order chi connectivity index (χ1) is 55.5. The minimum atomic E-state index is -1.87. The SMILES string of the molecule is CCCCCCCC[C@H](N)C(=O)N[C@@H](CCN)C(=O)N[C@H](C(=O)N[C@@H](CCNC(=O)CCOCCNC(=O)c1cccc(-c2ccc(OCC(=O)NCC)cc2)c1)C(=O)N[C@H]1CCNC(=O)[C@H]([C@@H](C)O)NC(=O)[C@H](CCN)NC(=O)[C@H](CCN)NC(=O)[C@H](CC(C)C)NC(=O)[C@@H](Cc2ccccc2)NC(=O)[C@H](CCN)NC1=O)[C@@H](C)O. The predicted octanol–water partition coefficient (Wildman–Crippen LogP) is -3.60. The number of carbonyl (C=O) groups is 14. The molecule has 1 fully saturated rings. The van der Waals surface area contributed by atoms with Crippen LogP contribution in [0.3, 0.4) is 0 Å². The fourth-order valence-electron chi connectivity index (χ4n) is 12.3. The maximum Gasteiger partial charge on any atom is 0.257 e. The largest absolute Gasteiger partial charge is 0.484 e. The maximum absolute atomic E-state index is 15.1. The van der Waals surface area contributed by atoms with Crippen molar-refractivity contribution in [2.24, 2.45) is 34.6 Å².